The highest BCUT2D eigenvalue weighted by molar-refractivity contribution is 7.10. The molecule has 2 heterocycles. The lowest BCUT2D eigenvalue weighted by atomic mass is 10.1. The summed E-state index contributed by atoms with van der Waals surface area (Å²) in [5.41, 5.74) is 3.81. The molecule has 2 aromatic carbocycles. The topological polar surface area (TPSA) is 94.8 Å². The Bertz CT molecular complexity index is 1180. The van der Waals surface area contributed by atoms with Gasteiger partial charge in [-0.15, -0.1) is 5.10 Å². The van der Waals surface area contributed by atoms with E-state index in [-0.39, 0.29) is 5.91 Å². The van der Waals surface area contributed by atoms with Crippen LogP contribution in [0.4, 0.5) is 5.13 Å². The number of aromatic nitrogens is 5. The van der Waals surface area contributed by atoms with Crippen LogP contribution in [0.15, 0.2) is 48.5 Å². The number of amides is 1. The molecule has 0 radical (unpaired) electrons. The van der Waals surface area contributed by atoms with Crippen LogP contribution in [0.25, 0.3) is 17.2 Å². The van der Waals surface area contributed by atoms with Crippen molar-refractivity contribution in [3.8, 4) is 23.0 Å². The maximum absolute atomic E-state index is 12.4. The molecule has 0 saturated carbocycles. The second-order valence-corrected chi connectivity index (χ2v) is 7.36. The molecule has 4 aromatic rings. The largest absolute Gasteiger partial charge is 0.494 e. The Morgan fingerprint density at radius 2 is 1.97 bits per heavy atom. The van der Waals surface area contributed by atoms with Crippen molar-refractivity contribution in [3.05, 3.63) is 65.4 Å². The number of aryl methyl sites for hydroxylation is 1. The van der Waals surface area contributed by atoms with Crippen LogP contribution in [0, 0.1) is 13.8 Å². The van der Waals surface area contributed by atoms with Crippen LogP contribution < -0.4 is 10.1 Å². The van der Waals surface area contributed by atoms with Gasteiger partial charge in [-0.25, -0.2) is 4.68 Å². The van der Waals surface area contributed by atoms with Gasteiger partial charge in [0.25, 0.3) is 5.91 Å². The number of ether oxygens (including phenoxy) is 1. The van der Waals surface area contributed by atoms with E-state index >= 15 is 0 Å². The fraction of sp³-hybridized carbons (Fsp3) is 0.190. The van der Waals surface area contributed by atoms with Crippen LogP contribution in [-0.4, -0.2) is 36.9 Å². The van der Waals surface area contributed by atoms with Gasteiger partial charge in [0, 0.05) is 17.1 Å². The SMILES string of the molecule is CCOc1ccc(-n2nnc(-c3nsc(NC(=O)c4cccc(C)c4)n3)c2C)cc1. The minimum atomic E-state index is -0.226. The average Bonchev–Trinajstić information content (AvgIpc) is 3.35. The van der Waals surface area contributed by atoms with E-state index in [1.54, 1.807) is 10.7 Å². The summed E-state index contributed by atoms with van der Waals surface area (Å²) >= 11 is 1.11. The Kier molecular flexibility index (Phi) is 5.53. The second kappa shape index (κ2) is 8.42. The lowest BCUT2D eigenvalue weighted by Crippen LogP contribution is -2.11. The summed E-state index contributed by atoms with van der Waals surface area (Å²) in [5, 5.41) is 11.7. The Labute approximate surface area is 177 Å². The number of benzene rings is 2. The van der Waals surface area contributed by atoms with E-state index in [0.717, 1.165) is 34.2 Å². The van der Waals surface area contributed by atoms with Crippen LogP contribution in [0.3, 0.4) is 0 Å². The first kappa shape index (κ1) is 19.7. The smallest absolute Gasteiger partial charge is 0.257 e. The number of hydrogen-bond acceptors (Lipinski definition) is 7. The molecule has 30 heavy (non-hydrogen) atoms. The van der Waals surface area contributed by atoms with Crippen molar-refractivity contribution in [1.82, 2.24) is 24.4 Å². The van der Waals surface area contributed by atoms with Gasteiger partial charge in [-0.3, -0.25) is 10.1 Å². The molecule has 0 spiro atoms. The number of anilines is 1. The number of carbonyl (C=O) groups excluding carboxylic acids is 1. The van der Waals surface area contributed by atoms with Crippen molar-refractivity contribution < 1.29 is 9.53 Å². The molecule has 0 bridgehead atoms. The molecule has 1 amide bonds. The summed E-state index contributed by atoms with van der Waals surface area (Å²) in [6.45, 7) is 6.40. The third-order valence-corrected chi connectivity index (χ3v) is 5.06. The van der Waals surface area contributed by atoms with Crippen molar-refractivity contribution in [2.75, 3.05) is 11.9 Å². The summed E-state index contributed by atoms with van der Waals surface area (Å²) in [4.78, 5) is 16.8. The highest BCUT2D eigenvalue weighted by atomic mass is 32.1. The highest BCUT2D eigenvalue weighted by Crippen LogP contribution is 2.25. The minimum absolute atomic E-state index is 0.226. The van der Waals surface area contributed by atoms with E-state index in [2.05, 4.69) is 25.0 Å². The van der Waals surface area contributed by atoms with Crippen LogP contribution in [0.1, 0.15) is 28.5 Å². The van der Waals surface area contributed by atoms with Gasteiger partial charge in [-0.05, 0) is 57.2 Å². The molecule has 0 saturated heterocycles. The summed E-state index contributed by atoms with van der Waals surface area (Å²) in [7, 11) is 0. The van der Waals surface area contributed by atoms with E-state index in [4.69, 9.17) is 4.74 Å². The van der Waals surface area contributed by atoms with Gasteiger partial charge < -0.3 is 4.74 Å². The van der Waals surface area contributed by atoms with Gasteiger partial charge in [-0.1, -0.05) is 22.9 Å². The summed E-state index contributed by atoms with van der Waals surface area (Å²) in [5.74, 6) is 1.000. The first-order valence-electron chi connectivity index (χ1n) is 9.43. The quantitative estimate of drug-likeness (QED) is 0.506. The first-order chi connectivity index (χ1) is 14.5. The third-order valence-electron chi connectivity index (χ3n) is 4.43. The van der Waals surface area contributed by atoms with Crippen molar-refractivity contribution in [2.45, 2.75) is 20.8 Å². The molecule has 0 aliphatic carbocycles. The van der Waals surface area contributed by atoms with E-state index in [9.17, 15) is 4.79 Å². The number of hydrogen-bond donors (Lipinski definition) is 1. The summed E-state index contributed by atoms with van der Waals surface area (Å²) in [6, 6.07) is 15.0. The summed E-state index contributed by atoms with van der Waals surface area (Å²) in [6.07, 6.45) is 0. The predicted octanol–water partition coefficient (Wildman–Crippen LogP) is 4.05. The van der Waals surface area contributed by atoms with Crippen LogP contribution in [-0.2, 0) is 0 Å². The average molecular weight is 420 g/mol. The van der Waals surface area contributed by atoms with Gasteiger partial charge in [-0.2, -0.15) is 9.36 Å². The Morgan fingerprint density at radius 3 is 2.70 bits per heavy atom. The molecule has 8 nitrogen and oxygen atoms in total. The van der Waals surface area contributed by atoms with E-state index < -0.39 is 0 Å². The molecule has 9 heteroatoms. The van der Waals surface area contributed by atoms with Gasteiger partial charge in [0.1, 0.15) is 5.75 Å². The second-order valence-electron chi connectivity index (χ2n) is 6.61. The van der Waals surface area contributed by atoms with Crippen LogP contribution in [0.2, 0.25) is 0 Å². The Morgan fingerprint density at radius 1 is 1.17 bits per heavy atom. The first-order valence-corrected chi connectivity index (χ1v) is 10.2. The lowest BCUT2D eigenvalue weighted by molar-refractivity contribution is 0.102. The van der Waals surface area contributed by atoms with Crippen molar-refractivity contribution in [2.24, 2.45) is 0 Å². The van der Waals surface area contributed by atoms with Crippen molar-refractivity contribution in [3.63, 3.8) is 0 Å². The maximum Gasteiger partial charge on any atom is 0.257 e. The van der Waals surface area contributed by atoms with Gasteiger partial charge in [0.15, 0.2) is 11.5 Å². The van der Waals surface area contributed by atoms with Crippen molar-refractivity contribution in [1.29, 1.82) is 0 Å². The third kappa shape index (κ3) is 4.06. The van der Waals surface area contributed by atoms with Gasteiger partial charge >= 0.3 is 0 Å². The number of carbonyl (C=O) groups is 1. The monoisotopic (exact) mass is 420 g/mol. The molecular weight excluding hydrogens is 400 g/mol. The summed E-state index contributed by atoms with van der Waals surface area (Å²) < 4.78 is 11.5. The van der Waals surface area contributed by atoms with E-state index in [1.165, 1.54) is 0 Å². The molecule has 0 unspecified atom stereocenters. The molecule has 2 aromatic heterocycles. The minimum Gasteiger partial charge on any atom is -0.494 e. The molecule has 0 aliphatic rings. The normalized spacial score (nSPS) is 10.8. The Hall–Kier alpha value is -3.59. The lowest BCUT2D eigenvalue weighted by Gasteiger charge is -2.06. The van der Waals surface area contributed by atoms with E-state index in [1.807, 2.05) is 63.2 Å². The van der Waals surface area contributed by atoms with Gasteiger partial charge in [0.2, 0.25) is 5.13 Å². The highest BCUT2D eigenvalue weighted by Gasteiger charge is 2.18. The zero-order valence-electron chi connectivity index (χ0n) is 16.8. The van der Waals surface area contributed by atoms with Crippen LogP contribution >= 0.6 is 11.5 Å². The number of nitrogens with one attached hydrogen (secondary N) is 1. The zero-order chi connectivity index (χ0) is 21.1. The van der Waals surface area contributed by atoms with E-state index in [0.29, 0.717) is 28.8 Å². The fourth-order valence-corrected chi connectivity index (χ4v) is 3.52. The number of rotatable bonds is 6. The maximum atomic E-state index is 12.4. The molecule has 152 valence electrons. The molecule has 4 rings (SSSR count). The molecular formula is C21H20N6O2S. The van der Waals surface area contributed by atoms with Crippen molar-refractivity contribution >= 4 is 22.6 Å². The predicted molar refractivity (Wildman–Crippen MR) is 115 cm³/mol. The molecule has 0 fully saturated rings. The molecule has 0 aliphatic heterocycles. The standard InChI is InChI=1S/C21H20N6O2S/c1-4-29-17-10-8-16(9-11-17)27-14(3)18(24-26-27)19-22-21(30-25-19)23-20(28)15-7-5-6-13(2)12-15/h5-12H,4H2,1-3H3,(H,22,23,25,28). The molecule has 1 N–H and O–H groups in total. The molecule has 0 atom stereocenters. The zero-order valence-corrected chi connectivity index (χ0v) is 17.6. The van der Waals surface area contributed by atoms with Crippen LogP contribution in [0.5, 0.6) is 5.75 Å². The van der Waals surface area contributed by atoms with Gasteiger partial charge in [0.05, 0.1) is 18.0 Å². The Balaban J connectivity index is 1.53. The fourth-order valence-electron chi connectivity index (χ4n) is 2.96. The number of nitrogens with zero attached hydrogens (tertiary/aromatic N) is 5.